The summed E-state index contributed by atoms with van der Waals surface area (Å²) in [5.74, 6) is 0.992. The van der Waals surface area contributed by atoms with Gasteiger partial charge in [-0.15, -0.1) is 0 Å². The molecule has 2 heteroatoms. The molecule has 0 spiro atoms. The highest BCUT2D eigenvalue weighted by atomic mass is 16.5. The van der Waals surface area contributed by atoms with Crippen molar-refractivity contribution in [3.63, 3.8) is 0 Å². The van der Waals surface area contributed by atoms with Crippen LogP contribution in [0.2, 0.25) is 0 Å². The summed E-state index contributed by atoms with van der Waals surface area (Å²) >= 11 is 0. The lowest BCUT2D eigenvalue weighted by Gasteiger charge is -2.28. The van der Waals surface area contributed by atoms with Crippen molar-refractivity contribution in [3.05, 3.63) is 29.3 Å². The Morgan fingerprint density at radius 3 is 2.89 bits per heavy atom. The summed E-state index contributed by atoms with van der Waals surface area (Å²) in [7, 11) is 1.75. The molecule has 0 radical (unpaired) electrons. The highest BCUT2D eigenvalue weighted by Crippen LogP contribution is 2.48. The topological polar surface area (TPSA) is 21.3 Å². The summed E-state index contributed by atoms with van der Waals surface area (Å²) in [6.07, 6.45) is 7.92. The Labute approximate surface area is 116 Å². The fourth-order valence-corrected chi connectivity index (χ4v) is 3.30. The maximum atomic E-state index is 5.34. The van der Waals surface area contributed by atoms with Crippen LogP contribution >= 0.6 is 0 Å². The van der Waals surface area contributed by atoms with Gasteiger partial charge >= 0.3 is 0 Å². The number of methoxy groups -OCH3 is 1. The number of aryl methyl sites for hydroxylation is 1. The lowest BCUT2D eigenvalue weighted by atomic mass is 9.87. The van der Waals surface area contributed by atoms with E-state index in [1.54, 1.807) is 7.11 Å². The van der Waals surface area contributed by atoms with E-state index in [0.29, 0.717) is 11.5 Å². The summed E-state index contributed by atoms with van der Waals surface area (Å²) in [5, 5.41) is 3.83. The predicted molar refractivity (Wildman–Crippen MR) is 78.6 cm³/mol. The van der Waals surface area contributed by atoms with Crippen molar-refractivity contribution < 1.29 is 4.74 Å². The molecule has 0 bridgehead atoms. The summed E-state index contributed by atoms with van der Waals surface area (Å²) < 4.78 is 5.34. The molecule has 1 saturated carbocycles. The lowest BCUT2D eigenvalue weighted by molar-refractivity contribution is 0.377. The third-order valence-electron chi connectivity index (χ3n) is 5.10. The van der Waals surface area contributed by atoms with Crippen LogP contribution in [0.15, 0.2) is 18.2 Å². The van der Waals surface area contributed by atoms with Gasteiger partial charge in [-0.3, -0.25) is 0 Å². The lowest BCUT2D eigenvalue weighted by Crippen LogP contribution is -2.30. The summed E-state index contributed by atoms with van der Waals surface area (Å²) in [6.45, 7) is 3.52. The fourth-order valence-electron chi connectivity index (χ4n) is 3.30. The highest BCUT2D eigenvalue weighted by molar-refractivity contribution is 5.39. The largest absolute Gasteiger partial charge is 0.497 e. The van der Waals surface area contributed by atoms with E-state index >= 15 is 0 Å². The third kappa shape index (κ3) is 2.64. The molecule has 3 rings (SSSR count). The fraction of sp³-hybridized carbons (Fsp3) is 0.647. The first-order valence-corrected chi connectivity index (χ1v) is 7.66. The number of benzene rings is 1. The van der Waals surface area contributed by atoms with Crippen LogP contribution in [0.4, 0.5) is 0 Å². The number of rotatable bonds is 5. The zero-order valence-electron chi connectivity index (χ0n) is 12.2. The Hall–Kier alpha value is -1.02. The molecule has 19 heavy (non-hydrogen) atoms. The van der Waals surface area contributed by atoms with E-state index < -0.39 is 0 Å². The van der Waals surface area contributed by atoms with Gasteiger partial charge in [0.15, 0.2) is 0 Å². The van der Waals surface area contributed by atoms with Crippen molar-refractivity contribution in [2.45, 2.75) is 51.5 Å². The smallest absolute Gasteiger partial charge is 0.119 e. The second kappa shape index (κ2) is 5.16. The molecule has 0 amide bonds. The van der Waals surface area contributed by atoms with Crippen LogP contribution in [-0.2, 0) is 6.42 Å². The normalized spacial score (nSPS) is 23.8. The summed E-state index contributed by atoms with van der Waals surface area (Å²) in [4.78, 5) is 0. The molecular formula is C17H25NO. The second-order valence-electron chi connectivity index (χ2n) is 6.24. The first-order chi connectivity index (χ1) is 9.26. The molecule has 1 N–H and O–H groups in total. The van der Waals surface area contributed by atoms with Crippen LogP contribution in [0.5, 0.6) is 5.75 Å². The quantitative estimate of drug-likeness (QED) is 0.867. The maximum absolute atomic E-state index is 5.34. The van der Waals surface area contributed by atoms with Gasteiger partial charge in [0, 0.05) is 12.6 Å². The van der Waals surface area contributed by atoms with Crippen molar-refractivity contribution in [2.24, 2.45) is 5.41 Å². The number of fused-ring (bicyclic) bond motifs is 1. The van der Waals surface area contributed by atoms with E-state index in [1.807, 2.05) is 0 Å². The van der Waals surface area contributed by atoms with Crippen molar-refractivity contribution in [2.75, 3.05) is 13.7 Å². The van der Waals surface area contributed by atoms with Gasteiger partial charge in [-0.2, -0.15) is 0 Å². The van der Waals surface area contributed by atoms with E-state index in [-0.39, 0.29) is 0 Å². The molecule has 1 atom stereocenters. The van der Waals surface area contributed by atoms with Crippen LogP contribution in [-0.4, -0.2) is 13.7 Å². The van der Waals surface area contributed by atoms with Crippen LogP contribution in [0.1, 0.15) is 56.2 Å². The first kappa shape index (κ1) is 13.0. The Kier molecular flexibility index (Phi) is 3.53. The van der Waals surface area contributed by atoms with E-state index in [4.69, 9.17) is 4.74 Å². The Balaban J connectivity index is 1.71. The van der Waals surface area contributed by atoms with Gasteiger partial charge in [0.05, 0.1) is 7.11 Å². The Morgan fingerprint density at radius 2 is 2.21 bits per heavy atom. The standard InChI is InChI=1S/C17H25NO/c1-3-17(9-10-17)12-18-16-6-4-5-13-11-14(19-2)7-8-15(13)16/h7-8,11,16,18H,3-6,9-10,12H2,1-2H3. The van der Waals surface area contributed by atoms with Gasteiger partial charge in [-0.05, 0) is 67.2 Å². The number of hydrogen-bond acceptors (Lipinski definition) is 2. The van der Waals surface area contributed by atoms with Crippen molar-refractivity contribution in [3.8, 4) is 5.75 Å². The highest BCUT2D eigenvalue weighted by Gasteiger charge is 2.40. The minimum atomic E-state index is 0.554. The van der Waals surface area contributed by atoms with Crippen molar-refractivity contribution in [1.82, 2.24) is 5.32 Å². The minimum Gasteiger partial charge on any atom is -0.497 e. The molecule has 2 nitrogen and oxygen atoms in total. The molecule has 2 aliphatic carbocycles. The van der Waals surface area contributed by atoms with E-state index in [2.05, 4.69) is 30.4 Å². The zero-order chi connectivity index (χ0) is 13.3. The van der Waals surface area contributed by atoms with E-state index in [1.165, 1.54) is 56.2 Å². The van der Waals surface area contributed by atoms with Crippen molar-refractivity contribution in [1.29, 1.82) is 0 Å². The monoisotopic (exact) mass is 259 g/mol. The van der Waals surface area contributed by atoms with Gasteiger partial charge in [-0.25, -0.2) is 0 Å². The van der Waals surface area contributed by atoms with Gasteiger partial charge < -0.3 is 10.1 Å². The molecule has 104 valence electrons. The molecule has 1 aromatic rings. The third-order valence-corrected chi connectivity index (χ3v) is 5.10. The molecule has 0 heterocycles. The molecule has 1 unspecified atom stereocenters. The van der Waals surface area contributed by atoms with E-state index in [0.717, 1.165) is 5.75 Å². The van der Waals surface area contributed by atoms with Gasteiger partial charge in [0.2, 0.25) is 0 Å². The zero-order valence-corrected chi connectivity index (χ0v) is 12.2. The average molecular weight is 259 g/mol. The minimum absolute atomic E-state index is 0.554. The molecule has 1 aromatic carbocycles. The Morgan fingerprint density at radius 1 is 1.37 bits per heavy atom. The molecule has 0 aliphatic heterocycles. The number of ether oxygens (including phenoxy) is 1. The van der Waals surface area contributed by atoms with Gasteiger partial charge in [0.1, 0.15) is 5.75 Å². The molecular weight excluding hydrogens is 234 g/mol. The van der Waals surface area contributed by atoms with Crippen LogP contribution in [0.3, 0.4) is 0 Å². The van der Waals surface area contributed by atoms with Gasteiger partial charge in [-0.1, -0.05) is 13.0 Å². The van der Waals surface area contributed by atoms with Crippen LogP contribution < -0.4 is 10.1 Å². The number of hydrogen-bond donors (Lipinski definition) is 1. The first-order valence-electron chi connectivity index (χ1n) is 7.66. The van der Waals surface area contributed by atoms with Crippen molar-refractivity contribution >= 4 is 0 Å². The number of nitrogens with one attached hydrogen (secondary N) is 1. The predicted octanol–water partition coefficient (Wildman–Crippen LogP) is 3.85. The van der Waals surface area contributed by atoms with Crippen LogP contribution in [0.25, 0.3) is 0 Å². The average Bonchev–Trinajstić information content (AvgIpc) is 3.25. The second-order valence-corrected chi connectivity index (χ2v) is 6.24. The summed E-state index contributed by atoms with van der Waals surface area (Å²) in [5.41, 5.74) is 3.60. The molecule has 0 saturated heterocycles. The van der Waals surface area contributed by atoms with Gasteiger partial charge in [0.25, 0.3) is 0 Å². The maximum Gasteiger partial charge on any atom is 0.119 e. The Bertz CT molecular complexity index is 451. The molecule has 2 aliphatic rings. The molecule has 1 fully saturated rings. The SMILES string of the molecule is CCC1(CNC2CCCc3cc(OC)ccc32)CC1. The van der Waals surface area contributed by atoms with E-state index in [9.17, 15) is 0 Å². The molecule has 0 aromatic heterocycles. The van der Waals surface area contributed by atoms with Crippen LogP contribution in [0, 0.1) is 5.41 Å². The summed E-state index contributed by atoms with van der Waals surface area (Å²) in [6, 6.07) is 7.14.